The fourth-order valence-corrected chi connectivity index (χ4v) is 2.15. The summed E-state index contributed by atoms with van der Waals surface area (Å²) in [6.07, 6.45) is 5.66. The Labute approximate surface area is 77.3 Å². The Morgan fingerprint density at radius 3 is 2.62 bits per heavy atom. The van der Waals surface area contributed by atoms with Gasteiger partial charge in [-0.25, -0.2) is 0 Å². The first kappa shape index (κ1) is 8.42. The molecule has 68 valence electrons. The average molecular weight is 176 g/mol. The van der Waals surface area contributed by atoms with E-state index in [2.05, 4.69) is 0 Å². The van der Waals surface area contributed by atoms with E-state index in [0.29, 0.717) is 0 Å². The van der Waals surface area contributed by atoms with E-state index in [1.165, 1.54) is 12.2 Å². The molecule has 0 amide bonds. The second-order valence-corrected chi connectivity index (χ2v) is 3.75. The largest absolute Gasteiger partial charge is 0.290 e. The summed E-state index contributed by atoms with van der Waals surface area (Å²) in [7, 11) is 0. The van der Waals surface area contributed by atoms with Crippen LogP contribution >= 0.6 is 0 Å². The van der Waals surface area contributed by atoms with E-state index in [4.69, 9.17) is 0 Å². The highest BCUT2D eigenvalue weighted by molar-refractivity contribution is 6.20. The van der Waals surface area contributed by atoms with Gasteiger partial charge in [-0.3, -0.25) is 9.59 Å². The molecule has 0 aliphatic heterocycles. The number of hydrogen-bond acceptors (Lipinski definition) is 2. The standard InChI is InChI=1S/C11H12O2/c1-7-3-2-4-8-9(12)5-6-10(13)11(7)8/h5-7H,2-4H2,1H3. The van der Waals surface area contributed by atoms with Crippen molar-refractivity contribution in [1.82, 2.24) is 0 Å². The molecule has 0 aromatic carbocycles. The quantitative estimate of drug-likeness (QED) is 0.527. The lowest BCUT2D eigenvalue weighted by molar-refractivity contribution is -0.115. The van der Waals surface area contributed by atoms with Crippen molar-refractivity contribution in [3.63, 3.8) is 0 Å². The van der Waals surface area contributed by atoms with Crippen LogP contribution in [0.4, 0.5) is 0 Å². The lowest BCUT2D eigenvalue weighted by Crippen LogP contribution is -2.22. The zero-order valence-corrected chi connectivity index (χ0v) is 7.67. The van der Waals surface area contributed by atoms with Crippen LogP contribution < -0.4 is 0 Å². The van der Waals surface area contributed by atoms with Crippen molar-refractivity contribution in [2.75, 3.05) is 0 Å². The normalized spacial score (nSPS) is 27.9. The summed E-state index contributed by atoms with van der Waals surface area (Å²) in [5.74, 6) is 0.355. The fraction of sp³-hybridized carbons (Fsp3) is 0.455. The third kappa shape index (κ3) is 1.26. The van der Waals surface area contributed by atoms with Crippen molar-refractivity contribution < 1.29 is 9.59 Å². The molecule has 0 aromatic rings. The van der Waals surface area contributed by atoms with Gasteiger partial charge in [0.15, 0.2) is 11.6 Å². The molecular formula is C11H12O2. The molecule has 0 bridgehead atoms. The lowest BCUT2D eigenvalue weighted by Gasteiger charge is -2.24. The first-order chi connectivity index (χ1) is 6.20. The predicted molar refractivity (Wildman–Crippen MR) is 49.2 cm³/mol. The molecule has 0 heterocycles. The third-order valence-electron chi connectivity index (χ3n) is 2.83. The summed E-state index contributed by atoms with van der Waals surface area (Å²) in [6, 6.07) is 0. The molecule has 2 nitrogen and oxygen atoms in total. The van der Waals surface area contributed by atoms with Crippen LogP contribution in [0.25, 0.3) is 0 Å². The van der Waals surface area contributed by atoms with E-state index >= 15 is 0 Å². The molecular weight excluding hydrogens is 164 g/mol. The zero-order chi connectivity index (χ0) is 9.42. The van der Waals surface area contributed by atoms with E-state index in [0.717, 1.165) is 30.4 Å². The molecule has 0 saturated heterocycles. The van der Waals surface area contributed by atoms with Crippen LogP contribution in [0.3, 0.4) is 0 Å². The van der Waals surface area contributed by atoms with Gasteiger partial charge in [0.25, 0.3) is 0 Å². The molecule has 0 N–H and O–H groups in total. The number of hydrogen-bond donors (Lipinski definition) is 0. The first-order valence-electron chi connectivity index (χ1n) is 4.70. The minimum absolute atomic E-state index is 0.0427. The third-order valence-corrected chi connectivity index (χ3v) is 2.83. The molecule has 0 spiro atoms. The SMILES string of the molecule is CC1CCCC2=C1C(=O)C=CC2=O. The van der Waals surface area contributed by atoms with Crippen molar-refractivity contribution in [2.24, 2.45) is 5.92 Å². The van der Waals surface area contributed by atoms with Crippen LogP contribution in [-0.2, 0) is 9.59 Å². The number of carbonyl (C=O) groups is 2. The minimum Gasteiger partial charge on any atom is -0.290 e. The summed E-state index contributed by atoms with van der Waals surface area (Å²) in [4.78, 5) is 22.9. The molecule has 0 saturated carbocycles. The topological polar surface area (TPSA) is 34.1 Å². The molecule has 0 aromatic heterocycles. The Morgan fingerprint density at radius 2 is 1.92 bits per heavy atom. The molecule has 2 heteroatoms. The fourth-order valence-electron chi connectivity index (χ4n) is 2.15. The smallest absolute Gasteiger partial charge is 0.182 e. The van der Waals surface area contributed by atoms with Crippen LogP contribution in [0.15, 0.2) is 23.3 Å². The highest BCUT2D eigenvalue weighted by atomic mass is 16.1. The molecule has 2 aliphatic rings. The maximum Gasteiger partial charge on any atom is 0.182 e. The van der Waals surface area contributed by atoms with Crippen LogP contribution in [0.2, 0.25) is 0 Å². The van der Waals surface area contributed by atoms with Crippen LogP contribution in [0.5, 0.6) is 0 Å². The molecule has 1 atom stereocenters. The Morgan fingerprint density at radius 1 is 1.23 bits per heavy atom. The van der Waals surface area contributed by atoms with Gasteiger partial charge in [0.05, 0.1) is 0 Å². The van der Waals surface area contributed by atoms with Gasteiger partial charge in [-0.05, 0) is 37.3 Å². The van der Waals surface area contributed by atoms with E-state index in [1.807, 2.05) is 6.92 Å². The maximum absolute atomic E-state index is 11.5. The maximum atomic E-state index is 11.5. The van der Waals surface area contributed by atoms with Gasteiger partial charge in [-0.2, -0.15) is 0 Å². The monoisotopic (exact) mass is 176 g/mol. The highest BCUT2D eigenvalue weighted by Gasteiger charge is 2.29. The lowest BCUT2D eigenvalue weighted by atomic mass is 9.78. The van der Waals surface area contributed by atoms with Gasteiger partial charge >= 0.3 is 0 Å². The summed E-state index contributed by atoms with van der Waals surface area (Å²) in [6.45, 7) is 2.03. The van der Waals surface area contributed by atoms with Gasteiger partial charge in [-0.15, -0.1) is 0 Å². The second-order valence-electron chi connectivity index (χ2n) is 3.75. The Balaban J connectivity index is 2.48. The van der Waals surface area contributed by atoms with Crippen molar-refractivity contribution >= 4 is 11.6 Å². The van der Waals surface area contributed by atoms with Crippen molar-refractivity contribution in [2.45, 2.75) is 26.2 Å². The van der Waals surface area contributed by atoms with Gasteiger partial charge in [-0.1, -0.05) is 6.92 Å². The van der Waals surface area contributed by atoms with Crippen LogP contribution in [0, 0.1) is 5.92 Å². The molecule has 1 unspecified atom stereocenters. The summed E-state index contributed by atoms with van der Waals surface area (Å²) in [5.41, 5.74) is 1.55. The van der Waals surface area contributed by atoms with E-state index < -0.39 is 0 Å². The first-order valence-corrected chi connectivity index (χ1v) is 4.70. The summed E-state index contributed by atoms with van der Waals surface area (Å²) < 4.78 is 0. The number of rotatable bonds is 0. The van der Waals surface area contributed by atoms with Gasteiger partial charge in [0.1, 0.15) is 0 Å². The minimum atomic E-state index is 0.0427. The number of carbonyl (C=O) groups excluding carboxylic acids is 2. The number of ketones is 2. The van der Waals surface area contributed by atoms with Crippen molar-refractivity contribution in [3.8, 4) is 0 Å². The molecule has 0 radical (unpaired) electrons. The molecule has 2 rings (SSSR count). The van der Waals surface area contributed by atoms with Crippen molar-refractivity contribution in [3.05, 3.63) is 23.3 Å². The molecule has 13 heavy (non-hydrogen) atoms. The summed E-state index contributed by atoms with van der Waals surface area (Å²) >= 11 is 0. The summed E-state index contributed by atoms with van der Waals surface area (Å²) in [5, 5.41) is 0. The second kappa shape index (κ2) is 2.95. The van der Waals surface area contributed by atoms with Gasteiger partial charge < -0.3 is 0 Å². The van der Waals surface area contributed by atoms with Gasteiger partial charge in [0.2, 0.25) is 0 Å². The highest BCUT2D eigenvalue weighted by Crippen LogP contribution is 2.33. The Kier molecular flexibility index (Phi) is 1.91. The van der Waals surface area contributed by atoms with E-state index in [1.54, 1.807) is 0 Å². The van der Waals surface area contributed by atoms with Gasteiger partial charge in [0, 0.05) is 11.1 Å². The van der Waals surface area contributed by atoms with E-state index in [9.17, 15) is 9.59 Å². The van der Waals surface area contributed by atoms with Crippen molar-refractivity contribution in [1.29, 1.82) is 0 Å². The molecule has 0 fully saturated rings. The Bertz CT molecular complexity index is 334. The zero-order valence-electron chi connectivity index (χ0n) is 7.67. The van der Waals surface area contributed by atoms with Crippen LogP contribution in [-0.4, -0.2) is 11.6 Å². The van der Waals surface area contributed by atoms with Crippen LogP contribution in [0.1, 0.15) is 26.2 Å². The predicted octanol–water partition coefficient (Wildman–Crippen LogP) is 1.81. The van der Waals surface area contributed by atoms with E-state index in [-0.39, 0.29) is 17.5 Å². The molecule has 2 aliphatic carbocycles. The average Bonchev–Trinajstić information content (AvgIpc) is 2.12. The Hall–Kier alpha value is -1.18. The number of allylic oxidation sites excluding steroid dienone is 4.